The van der Waals surface area contributed by atoms with Gasteiger partial charge in [0.05, 0.1) is 34.3 Å². The van der Waals surface area contributed by atoms with Gasteiger partial charge in [-0.2, -0.15) is 5.10 Å². The number of nitrogens with zero attached hydrogens (tertiary/aromatic N) is 1. The molecule has 2 N–H and O–H groups in total. The van der Waals surface area contributed by atoms with E-state index in [4.69, 9.17) is 27.6 Å². The predicted molar refractivity (Wildman–Crippen MR) is 105 cm³/mol. The number of anilines is 1. The van der Waals surface area contributed by atoms with Crippen molar-refractivity contribution in [1.82, 2.24) is 5.43 Å². The van der Waals surface area contributed by atoms with E-state index in [2.05, 4.69) is 15.8 Å². The Morgan fingerprint density at radius 2 is 1.78 bits per heavy atom. The van der Waals surface area contributed by atoms with Crippen LogP contribution < -0.4 is 10.7 Å². The highest BCUT2D eigenvalue weighted by Gasteiger charge is 2.15. The Kier molecular flexibility index (Phi) is 5.90. The van der Waals surface area contributed by atoms with Crippen LogP contribution in [0.1, 0.15) is 26.5 Å². The molecule has 3 aromatic rings. The van der Waals surface area contributed by atoms with Crippen LogP contribution >= 0.6 is 23.2 Å². The van der Waals surface area contributed by atoms with Gasteiger partial charge in [0, 0.05) is 5.02 Å². The van der Waals surface area contributed by atoms with Crippen molar-refractivity contribution in [2.24, 2.45) is 5.10 Å². The smallest absolute Gasteiger partial charge is 0.273 e. The van der Waals surface area contributed by atoms with Gasteiger partial charge >= 0.3 is 0 Å². The Morgan fingerprint density at radius 1 is 0.963 bits per heavy atom. The van der Waals surface area contributed by atoms with Crippen LogP contribution in [0.3, 0.4) is 0 Å². The van der Waals surface area contributed by atoms with E-state index in [9.17, 15) is 9.59 Å². The van der Waals surface area contributed by atoms with Gasteiger partial charge in [0.25, 0.3) is 11.8 Å². The summed E-state index contributed by atoms with van der Waals surface area (Å²) in [5.74, 6) is -0.457. The fourth-order valence-corrected chi connectivity index (χ4v) is 2.73. The highest BCUT2D eigenvalue weighted by molar-refractivity contribution is 6.37. The average molecular weight is 402 g/mol. The Hall–Kier alpha value is -3.09. The third-order valence-electron chi connectivity index (χ3n) is 3.50. The van der Waals surface area contributed by atoms with E-state index in [0.29, 0.717) is 16.5 Å². The molecule has 136 valence electrons. The maximum absolute atomic E-state index is 12.5. The quantitative estimate of drug-likeness (QED) is 0.483. The molecule has 0 aliphatic rings. The molecule has 0 spiro atoms. The Labute approximate surface area is 164 Å². The third kappa shape index (κ3) is 4.75. The van der Waals surface area contributed by atoms with Crippen molar-refractivity contribution >= 4 is 46.9 Å². The van der Waals surface area contributed by atoms with E-state index in [1.165, 1.54) is 24.6 Å². The Bertz CT molecular complexity index is 1000. The van der Waals surface area contributed by atoms with E-state index in [1.54, 1.807) is 42.5 Å². The number of hydrogen-bond donors (Lipinski definition) is 2. The number of hydrazone groups is 1. The minimum atomic E-state index is -0.490. The van der Waals surface area contributed by atoms with Crippen LogP contribution in [-0.4, -0.2) is 18.0 Å². The number of nitrogens with one attached hydrogen (secondary N) is 2. The summed E-state index contributed by atoms with van der Waals surface area (Å²) in [6.45, 7) is 0. The second-order valence-electron chi connectivity index (χ2n) is 5.34. The molecule has 0 aliphatic heterocycles. The van der Waals surface area contributed by atoms with Gasteiger partial charge in [-0.1, -0.05) is 35.3 Å². The standard InChI is InChI=1S/C19H13Cl2N3O3/c20-12-7-8-14(16(21)10-12)18(25)23-17-6-2-1-5-15(17)19(26)24-22-11-13-4-3-9-27-13/h1-11H,(H,23,25)(H,24,26)/b22-11-. The molecule has 0 atom stereocenters. The Balaban J connectivity index is 1.75. The average Bonchev–Trinajstić information content (AvgIpc) is 3.15. The number of carbonyl (C=O) groups excluding carboxylic acids is 2. The molecular weight excluding hydrogens is 389 g/mol. The molecule has 0 unspecified atom stereocenters. The zero-order chi connectivity index (χ0) is 19.2. The van der Waals surface area contributed by atoms with Crippen molar-refractivity contribution in [2.75, 3.05) is 5.32 Å². The molecule has 27 heavy (non-hydrogen) atoms. The highest BCUT2D eigenvalue weighted by atomic mass is 35.5. The molecule has 2 aromatic carbocycles. The summed E-state index contributed by atoms with van der Waals surface area (Å²) in [7, 11) is 0. The lowest BCUT2D eigenvalue weighted by molar-refractivity contribution is 0.0956. The van der Waals surface area contributed by atoms with Gasteiger partial charge in [-0.25, -0.2) is 5.43 Å². The van der Waals surface area contributed by atoms with E-state index >= 15 is 0 Å². The highest BCUT2D eigenvalue weighted by Crippen LogP contribution is 2.23. The molecule has 6 nitrogen and oxygen atoms in total. The van der Waals surface area contributed by atoms with Gasteiger partial charge < -0.3 is 9.73 Å². The largest absolute Gasteiger partial charge is 0.463 e. The van der Waals surface area contributed by atoms with Gasteiger partial charge in [-0.05, 0) is 42.5 Å². The van der Waals surface area contributed by atoms with Gasteiger partial charge in [0.2, 0.25) is 0 Å². The van der Waals surface area contributed by atoms with Gasteiger partial charge in [-0.15, -0.1) is 0 Å². The molecular formula is C19H13Cl2N3O3. The topological polar surface area (TPSA) is 83.7 Å². The van der Waals surface area contributed by atoms with Gasteiger partial charge in [0.15, 0.2) is 0 Å². The molecule has 1 aromatic heterocycles. The van der Waals surface area contributed by atoms with Crippen molar-refractivity contribution in [2.45, 2.75) is 0 Å². The number of benzene rings is 2. The van der Waals surface area contributed by atoms with E-state index < -0.39 is 11.8 Å². The second-order valence-corrected chi connectivity index (χ2v) is 6.18. The van der Waals surface area contributed by atoms with Crippen LogP contribution in [0.25, 0.3) is 0 Å². The first-order chi connectivity index (χ1) is 13.0. The molecule has 8 heteroatoms. The molecule has 0 fully saturated rings. The van der Waals surface area contributed by atoms with E-state index in [1.807, 2.05) is 0 Å². The third-order valence-corrected chi connectivity index (χ3v) is 4.04. The van der Waals surface area contributed by atoms with Crippen molar-refractivity contribution < 1.29 is 14.0 Å². The maximum atomic E-state index is 12.5. The molecule has 0 saturated heterocycles. The van der Waals surface area contributed by atoms with E-state index in [0.717, 1.165) is 0 Å². The summed E-state index contributed by atoms with van der Waals surface area (Å²) >= 11 is 11.9. The lowest BCUT2D eigenvalue weighted by Gasteiger charge is -2.11. The summed E-state index contributed by atoms with van der Waals surface area (Å²) < 4.78 is 5.09. The minimum Gasteiger partial charge on any atom is -0.463 e. The van der Waals surface area contributed by atoms with Crippen molar-refractivity contribution in [3.8, 4) is 0 Å². The lowest BCUT2D eigenvalue weighted by atomic mass is 10.1. The molecule has 2 amide bonds. The number of amides is 2. The first-order valence-corrected chi connectivity index (χ1v) is 8.52. The molecule has 0 aliphatic carbocycles. The van der Waals surface area contributed by atoms with Crippen LogP contribution in [0, 0.1) is 0 Å². The molecule has 0 saturated carbocycles. The zero-order valence-corrected chi connectivity index (χ0v) is 15.3. The summed E-state index contributed by atoms with van der Waals surface area (Å²) in [4.78, 5) is 24.9. The summed E-state index contributed by atoms with van der Waals surface area (Å²) in [5, 5.41) is 7.13. The second kappa shape index (κ2) is 8.53. The summed E-state index contributed by atoms with van der Waals surface area (Å²) in [5.41, 5.74) is 3.19. The monoisotopic (exact) mass is 401 g/mol. The summed E-state index contributed by atoms with van der Waals surface area (Å²) in [6.07, 6.45) is 2.86. The first-order valence-electron chi connectivity index (χ1n) is 7.77. The molecule has 1 heterocycles. The maximum Gasteiger partial charge on any atom is 0.273 e. The minimum absolute atomic E-state index is 0.213. The number of halogens is 2. The van der Waals surface area contributed by atoms with Crippen molar-refractivity contribution in [3.05, 3.63) is 87.8 Å². The number of rotatable bonds is 5. The predicted octanol–water partition coefficient (Wildman–Crippen LogP) is 4.60. The number of carbonyl (C=O) groups is 2. The molecule has 0 bridgehead atoms. The number of furan rings is 1. The molecule has 0 radical (unpaired) electrons. The zero-order valence-electron chi connectivity index (χ0n) is 13.8. The first kappa shape index (κ1) is 18.7. The van der Waals surface area contributed by atoms with Crippen LogP contribution in [-0.2, 0) is 0 Å². The SMILES string of the molecule is O=C(Nc1ccccc1C(=O)N/N=C\c1ccco1)c1ccc(Cl)cc1Cl. The van der Waals surface area contributed by atoms with Crippen LogP contribution in [0.4, 0.5) is 5.69 Å². The van der Waals surface area contributed by atoms with Crippen LogP contribution in [0.5, 0.6) is 0 Å². The van der Waals surface area contributed by atoms with Gasteiger partial charge in [-0.3, -0.25) is 9.59 Å². The van der Waals surface area contributed by atoms with E-state index in [-0.39, 0.29) is 16.1 Å². The molecule has 3 rings (SSSR count). The van der Waals surface area contributed by atoms with Crippen molar-refractivity contribution in [3.63, 3.8) is 0 Å². The summed E-state index contributed by atoms with van der Waals surface area (Å²) in [6, 6.07) is 14.5. The van der Waals surface area contributed by atoms with Crippen LogP contribution in [0.15, 0.2) is 70.4 Å². The lowest BCUT2D eigenvalue weighted by Crippen LogP contribution is -2.21. The fraction of sp³-hybridized carbons (Fsp3) is 0. The normalized spacial score (nSPS) is 10.7. The van der Waals surface area contributed by atoms with Gasteiger partial charge in [0.1, 0.15) is 5.76 Å². The number of hydrogen-bond acceptors (Lipinski definition) is 4. The Morgan fingerprint density at radius 3 is 2.52 bits per heavy atom. The van der Waals surface area contributed by atoms with Crippen molar-refractivity contribution in [1.29, 1.82) is 0 Å². The number of para-hydroxylation sites is 1. The fourth-order valence-electron chi connectivity index (χ4n) is 2.23. The van der Waals surface area contributed by atoms with Crippen LogP contribution in [0.2, 0.25) is 10.0 Å².